The third-order valence-corrected chi connectivity index (χ3v) is 4.64. The molecule has 0 saturated carbocycles. The Hall–Kier alpha value is -3.36. The van der Waals surface area contributed by atoms with E-state index >= 15 is 0 Å². The van der Waals surface area contributed by atoms with Gasteiger partial charge in [0.05, 0.1) is 11.5 Å². The number of hydrogen-bond donors (Lipinski definition) is 1. The van der Waals surface area contributed by atoms with E-state index in [0.717, 1.165) is 48.7 Å². The molecule has 0 fully saturated rings. The zero-order valence-corrected chi connectivity index (χ0v) is 14.9. The highest BCUT2D eigenvalue weighted by Crippen LogP contribution is 2.23. The Kier molecular flexibility index (Phi) is 4.49. The second-order valence-electron chi connectivity index (χ2n) is 6.46. The van der Waals surface area contributed by atoms with Crippen molar-refractivity contribution in [3.8, 4) is 11.4 Å². The van der Waals surface area contributed by atoms with E-state index < -0.39 is 4.92 Å². The average molecular weight is 365 g/mol. The molecule has 1 N–H and O–H groups in total. The van der Waals surface area contributed by atoms with Crippen molar-refractivity contribution in [1.82, 2.24) is 24.7 Å². The van der Waals surface area contributed by atoms with Crippen molar-refractivity contribution in [3.05, 3.63) is 58.3 Å². The van der Waals surface area contributed by atoms with E-state index in [1.54, 1.807) is 18.5 Å². The smallest absolute Gasteiger partial charge is 0.269 e. The topological polar surface area (TPSA) is 112 Å². The maximum absolute atomic E-state index is 10.8. The van der Waals surface area contributed by atoms with Gasteiger partial charge >= 0.3 is 0 Å². The quantitative estimate of drug-likeness (QED) is 0.546. The van der Waals surface area contributed by atoms with Gasteiger partial charge in [-0.1, -0.05) is 6.92 Å². The molecule has 0 bridgehead atoms. The summed E-state index contributed by atoms with van der Waals surface area (Å²) >= 11 is 0. The zero-order valence-electron chi connectivity index (χ0n) is 14.9. The summed E-state index contributed by atoms with van der Waals surface area (Å²) in [5, 5.41) is 18.6. The first kappa shape index (κ1) is 17.1. The van der Waals surface area contributed by atoms with E-state index in [0.29, 0.717) is 5.82 Å². The van der Waals surface area contributed by atoms with Gasteiger partial charge in [0.1, 0.15) is 18.0 Å². The Labute approximate surface area is 155 Å². The van der Waals surface area contributed by atoms with Gasteiger partial charge in [-0.25, -0.2) is 19.6 Å². The van der Waals surface area contributed by atoms with Crippen LogP contribution in [0.2, 0.25) is 0 Å². The van der Waals surface area contributed by atoms with Crippen LogP contribution in [0, 0.1) is 10.1 Å². The fourth-order valence-electron chi connectivity index (χ4n) is 3.18. The molecule has 4 rings (SSSR count). The molecule has 9 heteroatoms. The number of rotatable bonds is 5. The summed E-state index contributed by atoms with van der Waals surface area (Å²) in [7, 11) is 0. The number of aromatic nitrogens is 5. The van der Waals surface area contributed by atoms with Crippen LogP contribution in [0.3, 0.4) is 0 Å². The maximum atomic E-state index is 10.8. The number of benzene rings is 1. The first-order valence-electron chi connectivity index (χ1n) is 8.88. The number of hydrogen-bond acceptors (Lipinski definition) is 7. The average Bonchev–Trinajstić information content (AvgIpc) is 3.15. The molecule has 2 aromatic heterocycles. The van der Waals surface area contributed by atoms with Crippen LogP contribution in [0.5, 0.6) is 0 Å². The number of non-ortho nitro benzene ring substituents is 1. The third-order valence-electron chi connectivity index (χ3n) is 4.64. The van der Waals surface area contributed by atoms with Crippen molar-refractivity contribution < 1.29 is 4.92 Å². The van der Waals surface area contributed by atoms with Crippen LogP contribution in [-0.4, -0.2) is 35.7 Å². The summed E-state index contributed by atoms with van der Waals surface area (Å²) in [6, 6.07) is 8.46. The van der Waals surface area contributed by atoms with E-state index in [4.69, 9.17) is 0 Å². The highest BCUT2D eigenvalue weighted by Gasteiger charge is 2.20. The molecule has 9 nitrogen and oxygen atoms in total. The number of nitro benzene ring substituents is 1. The van der Waals surface area contributed by atoms with Gasteiger partial charge in [0.15, 0.2) is 5.82 Å². The normalized spacial score (nSPS) is 16.0. The lowest BCUT2D eigenvalue weighted by atomic mass is 10.1. The molecular weight excluding hydrogens is 346 g/mol. The first-order chi connectivity index (χ1) is 13.1. The molecule has 1 atom stereocenters. The SMILES string of the molecule is CCc1cc(NC2CCc3ncnn3C2)nc(-c2ccc([N+](=O)[O-])cc2)n1. The first-order valence-corrected chi connectivity index (χ1v) is 8.88. The van der Waals surface area contributed by atoms with Crippen LogP contribution in [0.1, 0.15) is 24.9 Å². The van der Waals surface area contributed by atoms with E-state index in [1.807, 2.05) is 17.7 Å². The molecule has 1 aliphatic heterocycles. The van der Waals surface area contributed by atoms with Gasteiger partial charge in [0, 0.05) is 41.9 Å². The maximum Gasteiger partial charge on any atom is 0.269 e. The summed E-state index contributed by atoms with van der Waals surface area (Å²) in [4.78, 5) is 23.9. The van der Waals surface area contributed by atoms with E-state index in [1.165, 1.54) is 12.1 Å². The Balaban J connectivity index is 1.58. The summed E-state index contributed by atoms with van der Waals surface area (Å²) < 4.78 is 1.92. The molecule has 0 aliphatic carbocycles. The van der Waals surface area contributed by atoms with Crippen LogP contribution in [0.4, 0.5) is 11.5 Å². The van der Waals surface area contributed by atoms with Gasteiger partial charge in [-0.05, 0) is 25.0 Å². The standard InChI is InChI=1S/C18H19N7O2/c1-2-13-9-16(21-14-5-8-17-19-11-20-24(17)10-14)23-18(22-13)12-3-6-15(7-4-12)25(26)27/h3-4,6-7,9,11,14H,2,5,8,10H2,1H3,(H,21,22,23). The molecule has 3 aromatic rings. The van der Waals surface area contributed by atoms with Crippen LogP contribution in [-0.2, 0) is 19.4 Å². The van der Waals surface area contributed by atoms with E-state index in [2.05, 4.69) is 25.4 Å². The van der Waals surface area contributed by atoms with Gasteiger partial charge in [-0.3, -0.25) is 10.1 Å². The molecule has 0 amide bonds. The lowest BCUT2D eigenvalue weighted by molar-refractivity contribution is -0.384. The number of anilines is 1. The van der Waals surface area contributed by atoms with Crippen molar-refractivity contribution in [1.29, 1.82) is 0 Å². The molecule has 0 radical (unpaired) electrons. The molecule has 1 unspecified atom stereocenters. The molecule has 0 saturated heterocycles. The van der Waals surface area contributed by atoms with Gasteiger partial charge in [0.25, 0.3) is 5.69 Å². The van der Waals surface area contributed by atoms with Gasteiger partial charge in [-0.15, -0.1) is 0 Å². The number of nitrogens with zero attached hydrogens (tertiary/aromatic N) is 6. The largest absolute Gasteiger partial charge is 0.365 e. The summed E-state index contributed by atoms with van der Waals surface area (Å²) in [5.41, 5.74) is 1.72. The fraction of sp³-hybridized carbons (Fsp3) is 0.333. The predicted octanol–water partition coefficient (Wildman–Crippen LogP) is 2.63. The van der Waals surface area contributed by atoms with Crippen LogP contribution in [0.25, 0.3) is 11.4 Å². The number of nitrogens with one attached hydrogen (secondary N) is 1. The Morgan fingerprint density at radius 1 is 1.30 bits per heavy atom. The van der Waals surface area contributed by atoms with Crippen LogP contribution in [0.15, 0.2) is 36.7 Å². The zero-order chi connectivity index (χ0) is 18.8. The number of fused-ring (bicyclic) bond motifs is 1. The molecule has 3 heterocycles. The minimum atomic E-state index is -0.415. The molecular formula is C18H19N7O2. The fourth-order valence-corrected chi connectivity index (χ4v) is 3.18. The highest BCUT2D eigenvalue weighted by molar-refractivity contribution is 5.59. The van der Waals surface area contributed by atoms with Crippen molar-refractivity contribution in [2.75, 3.05) is 5.32 Å². The summed E-state index contributed by atoms with van der Waals surface area (Å²) in [6.07, 6.45) is 4.19. The van der Waals surface area contributed by atoms with E-state index in [-0.39, 0.29) is 11.7 Å². The Morgan fingerprint density at radius 3 is 2.85 bits per heavy atom. The number of nitro groups is 1. The molecule has 1 aliphatic rings. The lowest BCUT2D eigenvalue weighted by Gasteiger charge is -2.24. The van der Waals surface area contributed by atoms with Gasteiger partial charge in [-0.2, -0.15) is 5.10 Å². The second kappa shape index (κ2) is 7.10. The monoisotopic (exact) mass is 365 g/mol. The van der Waals surface area contributed by atoms with E-state index in [9.17, 15) is 10.1 Å². The molecule has 0 spiro atoms. The second-order valence-corrected chi connectivity index (χ2v) is 6.46. The Bertz CT molecular complexity index is 968. The molecule has 27 heavy (non-hydrogen) atoms. The van der Waals surface area contributed by atoms with Crippen LogP contribution >= 0.6 is 0 Å². The summed E-state index contributed by atoms with van der Waals surface area (Å²) in [5.74, 6) is 2.32. The van der Waals surface area contributed by atoms with Gasteiger partial charge in [0.2, 0.25) is 0 Å². The van der Waals surface area contributed by atoms with Crippen molar-refractivity contribution in [2.24, 2.45) is 0 Å². The highest BCUT2D eigenvalue weighted by atomic mass is 16.6. The number of aryl methyl sites for hydroxylation is 2. The minimum absolute atomic E-state index is 0.0505. The van der Waals surface area contributed by atoms with Crippen molar-refractivity contribution in [2.45, 2.75) is 38.8 Å². The van der Waals surface area contributed by atoms with Crippen molar-refractivity contribution >= 4 is 11.5 Å². The summed E-state index contributed by atoms with van der Waals surface area (Å²) in [6.45, 7) is 2.78. The van der Waals surface area contributed by atoms with Crippen molar-refractivity contribution in [3.63, 3.8) is 0 Å². The minimum Gasteiger partial charge on any atom is -0.365 e. The molecule has 138 valence electrons. The van der Waals surface area contributed by atoms with Crippen LogP contribution < -0.4 is 5.32 Å². The Morgan fingerprint density at radius 2 is 2.11 bits per heavy atom. The lowest BCUT2D eigenvalue weighted by Crippen LogP contribution is -2.32. The van der Waals surface area contributed by atoms with Gasteiger partial charge < -0.3 is 5.32 Å². The third kappa shape index (κ3) is 3.62. The molecule has 1 aromatic carbocycles. The predicted molar refractivity (Wildman–Crippen MR) is 99.3 cm³/mol.